The molecule has 19 heavy (non-hydrogen) atoms. The molecule has 0 spiro atoms. The molecule has 0 aliphatic carbocycles. The number of carbonyl (C=O) groups is 1. The van der Waals surface area contributed by atoms with E-state index in [0.29, 0.717) is 15.7 Å². The molecule has 0 aliphatic rings. The highest BCUT2D eigenvalue weighted by molar-refractivity contribution is 6.30. The summed E-state index contributed by atoms with van der Waals surface area (Å²) in [5, 5.41) is 3.92. The maximum absolute atomic E-state index is 12.0. The second-order valence-corrected chi connectivity index (χ2v) is 4.94. The third kappa shape index (κ3) is 3.69. The van der Waals surface area contributed by atoms with Crippen molar-refractivity contribution in [3.63, 3.8) is 0 Å². The summed E-state index contributed by atoms with van der Waals surface area (Å²) in [6.45, 7) is 1.91. The van der Waals surface area contributed by atoms with Crippen LogP contribution in [0, 0.1) is 0 Å². The van der Waals surface area contributed by atoms with Gasteiger partial charge in [0.2, 0.25) is 0 Å². The molecule has 2 aromatic rings. The van der Waals surface area contributed by atoms with Crippen LogP contribution in [-0.4, -0.2) is 10.9 Å². The highest BCUT2D eigenvalue weighted by atomic mass is 35.5. The molecule has 5 heteroatoms. The lowest BCUT2D eigenvalue weighted by molar-refractivity contribution is 0.0939. The molecule has 1 unspecified atom stereocenters. The van der Waals surface area contributed by atoms with Crippen molar-refractivity contribution in [2.24, 2.45) is 0 Å². The minimum absolute atomic E-state index is 0.111. The Bertz CT molecular complexity index is 567. The highest BCUT2D eigenvalue weighted by Gasteiger charge is 2.11. The van der Waals surface area contributed by atoms with E-state index >= 15 is 0 Å². The van der Waals surface area contributed by atoms with E-state index in [0.717, 1.165) is 5.56 Å². The van der Waals surface area contributed by atoms with Gasteiger partial charge in [-0.1, -0.05) is 35.3 Å². The Morgan fingerprint density at radius 3 is 2.42 bits per heavy atom. The van der Waals surface area contributed by atoms with E-state index in [2.05, 4.69) is 10.3 Å². The number of hydrogen-bond donors (Lipinski definition) is 1. The van der Waals surface area contributed by atoms with Gasteiger partial charge in [0.1, 0.15) is 5.15 Å². The van der Waals surface area contributed by atoms with Gasteiger partial charge in [0.05, 0.1) is 11.6 Å². The molecule has 2 rings (SSSR count). The molecule has 0 saturated heterocycles. The fraction of sp³-hybridized carbons (Fsp3) is 0.143. The number of amides is 1. The SMILES string of the molecule is CC(NC(=O)c1ccc(Cl)nc1)c1ccc(Cl)cc1. The zero-order valence-electron chi connectivity index (χ0n) is 10.2. The van der Waals surface area contributed by atoms with E-state index in [-0.39, 0.29) is 11.9 Å². The molecule has 3 nitrogen and oxygen atoms in total. The van der Waals surface area contributed by atoms with E-state index < -0.39 is 0 Å². The molecule has 1 aromatic carbocycles. The van der Waals surface area contributed by atoms with Gasteiger partial charge in [-0.25, -0.2) is 4.98 Å². The first-order valence-corrected chi connectivity index (χ1v) is 6.50. The van der Waals surface area contributed by atoms with Gasteiger partial charge in [-0.2, -0.15) is 0 Å². The fourth-order valence-corrected chi connectivity index (χ4v) is 1.86. The number of nitrogens with zero attached hydrogens (tertiary/aromatic N) is 1. The second kappa shape index (κ2) is 6.04. The standard InChI is InChI=1S/C14H12Cl2N2O/c1-9(10-2-5-12(15)6-3-10)18-14(19)11-4-7-13(16)17-8-11/h2-9H,1H3,(H,18,19). The van der Waals surface area contributed by atoms with Crippen LogP contribution in [0.3, 0.4) is 0 Å². The van der Waals surface area contributed by atoms with Gasteiger partial charge >= 0.3 is 0 Å². The highest BCUT2D eigenvalue weighted by Crippen LogP contribution is 2.16. The summed E-state index contributed by atoms with van der Waals surface area (Å²) >= 11 is 11.5. The molecule has 1 amide bonds. The van der Waals surface area contributed by atoms with Crippen molar-refractivity contribution >= 4 is 29.1 Å². The van der Waals surface area contributed by atoms with Crippen LogP contribution in [0.25, 0.3) is 0 Å². The monoisotopic (exact) mass is 294 g/mol. The third-order valence-corrected chi connectivity index (χ3v) is 3.18. The van der Waals surface area contributed by atoms with Gasteiger partial charge in [-0.05, 0) is 36.8 Å². The zero-order chi connectivity index (χ0) is 13.8. The molecule has 0 bridgehead atoms. The molecule has 1 aromatic heterocycles. The van der Waals surface area contributed by atoms with Crippen LogP contribution in [0.4, 0.5) is 0 Å². The van der Waals surface area contributed by atoms with Crippen LogP contribution in [0.5, 0.6) is 0 Å². The zero-order valence-corrected chi connectivity index (χ0v) is 11.7. The maximum Gasteiger partial charge on any atom is 0.253 e. The van der Waals surface area contributed by atoms with E-state index in [1.54, 1.807) is 24.3 Å². The Kier molecular flexibility index (Phi) is 4.40. The largest absolute Gasteiger partial charge is 0.345 e. The van der Waals surface area contributed by atoms with Crippen LogP contribution < -0.4 is 5.32 Å². The first-order chi connectivity index (χ1) is 9.06. The van der Waals surface area contributed by atoms with Crippen LogP contribution in [0.2, 0.25) is 10.2 Å². The molecule has 98 valence electrons. The molecular formula is C14H12Cl2N2O. The van der Waals surface area contributed by atoms with Gasteiger partial charge in [0.25, 0.3) is 5.91 Å². The predicted molar refractivity (Wildman–Crippen MR) is 76.6 cm³/mol. The summed E-state index contributed by atoms with van der Waals surface area (Å²) in [4.78, 5) is 15.9. The average Bonchev–Trinajstić information content (AvgIpc) is 2.40. The van der Waals surface area contributed by atoms with Gasteiger partial charge in [-0.3, -0.25) is 4.79 Å². The Morgan fingerprint density at radius 2 is 1.84 bits per heavy atom. The summed E-state index contributed by atoms with van der Waals surface area (Å²) in [6, 6.07) is 10.5. The summed E-state index contributed by atoms with van der Waals surface area (Å²) in [6.07, 6.45) is 1.45. The molecule has 1 atom stereocenters. The lowest BCUT2D eigenvalue weighted by atomic mass is 10.1. The van der Waals surface area contributed by atoms with Crippen LogP contribution in [0.1, 0.15) is 28.9 Å². The van der Waals surface area contributed by atoms with E-state index in [1.165, 1.54) is 6.20 Å². The summed E-state index contributed by atoms with van der Waals surface area (Å²) in [7, 11) is 0. The van der Waals surface area contributed by atoms with Crippen molar-refractivity contribution in [1.82, 2.24) is 10.3 Å². The number of pyridine rings is 1. The first kappa shape index (κ1) is 13.8. The number of nitrogens with one attached hydrogen (secondary N) is 1. The predicted octanol–water partition coefficient (Wildman–Crippen LogP) is 3.88. The Morgan fingerprint density at radius 1 is 1.16 bits per heavy atom. The molecule has 0 saturated carbocycles. The van der Waals surface area contributed by atoms with Gasteiger partial charge < -0.3 is 5.32 Å². The molecule has 1 heterocycles. The number of hydrogen-bond acceptors (Lipinski definition) is 2. The van der Waals surface area contributed by atoms with Crippen LogP contribution >= 0.6 is 23.2 Å². The first-order valence-electron chi connectivity index (χ1n) is 5.74. The lowest BCUT2D eigenvalue weighted by Gasteiger charge is -2.14. The molecule has 0 aliphatic heterocycles. The van der Waals surface area contributed by atoms with Crippen molar-refractivity contribution < 1.29 is 4.79 Å². The van der Waals surface area contributed by atoms with Gasteiger partial charge in [0.15, 0.2) is 0 Å². The van der Waals surface area contributed by atoms with Crippen LogP contribution in [0.15, 0.2) is 42.6 Å². The number of benzene rings is 1. The lowest BCUT2D eigenvalue weighted by Crippen LogP contribution is -2.26. The summed E-state index contributed by atoms with van der Waals surface area (Å²) < 4.78 is 0. The minimum Gasteiger partial charge on any atom is -0.345 e. The number of carbonyl (C=O) groups excluding carboxylic acids is 1. The average molecular weight is 295 g/mol. The van der Waals surface area contributed by atoms with Crippen molar-refractivity contribution in [3.8, 4) is 0 Å². The maximum atomic E-state index is 12.0. The quantitative estimate of drug-likeness (QED) is 0.873. The number of rotatable bonds is 3. The smallest absolute Gasteiger partial charge is 0.253 e. The topological polar surface area (TPSA) is 42.0 Å². The van der Waals surface area contributed by atoms with E-state index in [9.17, 15) is 4.79 Å². The van der Waals surface area contributed by atoms with Gasteiger partial charge in [0, 0.05) is 11.2 Å². The van der Waals surface area contributed by atoms with Crippen molar-refractivity contribution in [3.05, 3.63) is 63.9 Å². The Labute approximate surface area is 121 Å². The number of halogens is 2. The van der Waals surface area contributed by atoms with E-state index in [4.69, 9.17) is 23.2 Å². The molecule has 1 N–H and O–H groups in total. The Balaban J connectivity index is 2.06. The van der Waals surface area contributed by atoms with Crippen molar-refractivity contribution in [1.29, 1.82) is 0 Å². The summed E-state index contributed by atoms with van der Waals surface area (Å²) in [5.74, 6) is -0.188. The van der Waals surface area contributed by atoms with Crippen molar-refractivity contribution in [2.75, 3.05) is 0 Å². The minimum atomic E-state index is -0.188. The van der Waals surface area contributed by atoms with Crippen molar-refractivity contribution in [2.45, 2.75) is 13.0 Å². The second-order valence-electron chi connectivity index (χ2n) is 4.12. The Hall–Kier alpha value is -1.58. The fourth-order valence-electron chi connectivity index (χ4n) is 1.62. The molecular weight excluding hydrogens is 283 g/mol. The van der Waals surface area contributed by atoms with Gasteiger partial charge in [-0.15, -0.1) is 0 Å². The van der Waals surface area contributed by atoms with Crippen LogP contribution in [-0.2, 0) is 0 Å². The number of aromatic nitrogens is 1. The summed E-state index contributed by atoms with van der Waals surface area (Å²) in [5.41, 5.74) is 1.46. The third-order valence-electron chi connectivity index (χ3n) is 2.71. The normalized spacial score (nSPS) is 11.9. The van der Waals surface area contributed by atoms with E-state index in [1.807, 2.05) is 19.1 Å². The molecule has 0 fully saturated rings. The molecule has 0 radical (unpaired) electrons.